The number of carbonyl (C=O) groups is 2. The van der Waals surface area contributed by atoms with Crippen LogP contribution in [0.3, 0.4) is 0 Å². The molecule has 0 aliphatic carbocycles. The average molecular weight is 397 g/mol. The van der Waals surface area contributed by atoms with Gasteiger partial charge < -0.3 is 10.1 Å². The van der Waals surface area contributed by atoms with Crippen LogP contribution in [0.4, 0.5) is 9.18 Å². The third kappa shape index (κ3) is 3.10. The van der Waals surface area contributed by atoms with Crippen LogP contribution in [0, 0.1) is 5.82 Å². The summed E-state index contributed by atoms with van der Waals surface area (Å²) in [5.41, 5.74) is -0.437. The first-order valence-corrected chi connectivity index (χ1v) is 8.44. The van der Waals surface area contributed by atoms with Gasteiger partial charge in [-0.2, -0.15) is 0 Å². The highest BCUT2D eigenvalue weighted by Gasteiger charge is 2.49. The van der Waals surface area contributed by atoms with E-state index in [1.807, 2.05) is 0 Å². The Labute approximate surface area is 159 Å². The van der Waals surface area contributed by atoms with Crippen LogP contribution in [0.1, 0.15) is 18.1 Å². The monoisotopic (exact) mass is 396 g/mol. The topological polar surface area (TPSA) is 58.6 Å². The van der Waals surface area contributed by atoms with Crippen LogP contribution in [0.2, 0.25) is 10.0 Å². The lowest BCUT2D eigenvalue weighted by molar-refractivity contribution is -0.131. The number of methoxy groups -OCH3 is 1. The molecule has 1 fully saturated rings. The largest absolute Gasteiger partial charge is 0.494 e. The fraction of sp³-hybridized carbons (Fsp3) is 0.222. The van der Waals surface area contributed by atoms with Crippen molar-refractivity contribution >= 4 is 35.1 Å². The van der Waals surface area contributed by atoms with Gasteiger partial charge in [-0.05, 0) is 36.8 Å². The zero-order valence-electron chi connectivity index (χ0n) is 14.0. The Balaban J connectivity index is 1.90. The van der Waals surface area contributed by atoms with E-state index < -0.39 is 23.3 Å². The molecular formula is C18H15Cl2FN2O3. The van der Waals surface area contributed by atoms with Gasteiger partial charge in [-0.25, -0.2) is 9.18 Å². The van der Waals surface area contributed by atoms with Crippen molar-refractivity contribution in [3.63, 3.8) is 0 Å². The summed E-state index contributed by atoms with van der Waals surface area (Å²) in [6.07, 6.45) is 0. The van der Waals surface area contributed by atoms with Crippen molar-refractivity contribution in [3.05, 3.63) is 63.4 Å². The number of nitrogens with one attached hydrogen (secondary N) is 1. The zero-order valence-corrected chi connectivity index (χ0v) is 15.5. The van der Waals surface area contributed by atoms with Crippen molar-refractivity contribution in [2.24, 2.45) is 0 Å². The summed E-state index contributed by atoms with van der Waals surface area (Å²) in [6.45, 7) is 1.49. The minimum Gasteiger partial charge on any atom is -0.494 e. The highest BCUT2D eigenvalue weighted by Crippen LogP contribution is 2.35. The summed E-state index contributed by atoms with van der Waals surface area (Å²) < 4.78 is 18.7. The lowest BCUT2D eigenvalue weighted by Crippen LogP contribution is -2.41. The number of halogens is 3. The van der Waals surface area contributed by atoms with Crippen LogP contribution < -0.4 is 10.1 Å². The Kier molecular flexibility index (Phi) is 4.82. The van der Waals surface area contributed by atoms with Crippen molar-refractivity contribution < 1.29 is 18.7 Å². The third-order valence-corrected chi connectivity index (χ3v) is 4.85. The van der Waals surface area contributed by atoms with Gasteiger partial charge in [0.1, 0.15) is 5.54 Å². The molecule has 1 aliphatic rings. The molecule has 1 saturated heterocycles. The fourth-order valence-corrected chi connectivity index (χ4v) is 3.51. The number of imide groups is 1. The molecule has 2 aromatic carbocycles. The van der Waals surface area contributed by atoms with Crippen molar-refractivity contribution in [3.8, 4) is 5.75 Å². The molecule has 1 N–H and O–H groups in total. The quantitative estimate of drug-likeness (QED) is 0.791. The third-order valence-electron chi connectivity index (χ3n) is 4.30. The molecule has 5 nitrogen and oxygen atoms in total. The maximum absolute atomic E-state index is 13.9. The molecule has 3 rings (SSSR count). The first-order chi connectivity index (χ1) is 12.3. The minimum atomic E-state index is -1.33. The Morgan fingerprint density at radius 2 is 1.92 bits per heavy atom. The van der Waals surface area contributed by atoms with Crippen LogP contribution in [0.15, 0.2) is 36.4 Å². The maximum atomic E-state index is 13.9. The summed E-state index contributed by atoms with van der Waals surface area (Å²) in [5.74, 6) is -0.966. The second kappa shape index (κ2) is 6.78. The molecule has 8 heteroatoms. The maximum Gasteiger partial charge on any atom is 0.325 e. The lowest BCUT2D eigenvalue weighted by atomic mass is 9.92. The number of hydrogen-bond acceptors (Lipinski definition) is 3. The molecule has 1 heterocycles. The van der Waals surface area contributed by atoms with E-state index in [2.05, 4.69) is 5.32 Å². The minimum absolute atomic E-state index is 0.0770. The lowest BCUT2D eigenvalue weighted by Gasteiger charge is -2.23. The van der Waals surface area contributed by atoms with E-state index in [4.69, 9.17) is 27.9 Å². The second-order valence-electron chi connectivity index (χ2n) is 6.04. The van der Waals surface area contributed by atoms with Gasteiger partial charge in [0.25, 0.3) is 5.91 Å². The van der Waals surface area contributed by atoms with Crippen molar-refractivity contribution in [1.82, 2.24) is 10.2 Å². The van der Waals surface area contributed by atoms with E-state index in [-0.39, 0.29) is 17.3 Å². The van der Waals surface area contributed by atoms with Crippen molar-refractivity contribution in [2.45, 2.75) is 19.0 Å². The molecule has 2 aromatic rings. The van der Waals surface area contributed by atoms with Crippen LogP contribution in [0.25, 0.3) is 0 Å². The number of urea groups is 1. The van der Waals surface area contributed by atoms with Gasteiger partial charge in [0, 0.05) is 15.6 Å². The summed E-state index contributed by atoms with van der Waals surface area (Å²) in [6, 6.07) is 8.37. The highest BCUT2D eigenvalue weighted by molar-refractivity contribution is 6.35. The van der Waals surface area contributed by atoms with Gasteiger partial charge in [0.05, 0.1) is 13.7 Å². The first-order valence-electron chi connectivity index (χ1n) is 7.68. The second-order valence-corrected chi connectivity index (χ2v) is 6.88. The van der Waals surface area contributed by atoms with Crippen LogP contribution in [-0.2, 0) is 16.9 Å². The molecule has 0 spiro atoms. The summed E-state index contributed by atoms with van der Waals surface area (Å²) in [5, 5.41) is 3.35. The summed E-state index contributed by atoms with van der Waals surface area (Å²) >= 11 is 12.1. The van der Waals surface area contributed by atoms with Gasteiger partial charge in [0.2, 0.25) is 0 Å². The predicted octanol–water partition coefficient (Wildman–Crippen LogP) is 4.11. The number of ether oxygens (including phenoxy) is 1. The number of hydrogen-bond donors (Lipinski definition) is 1. The SMILES string of the molecule is COc1ccc(CN2C(=O)N[C@](C)(c3ccc(Cl)cc3Cl)C2=O)cc1F. The number of carbonyl (C=O) groups excluding carboxylic acids is 2. The predicted molar refractivity (Wildman–Crippen MR) is 95.8 cm³/mol. The van der Waals surface area contributed by atoms with Gasteiger partial charge in [-0.15, -0.1) is 0 Å². The molecule has 136 valence electrons. The summed E-state index contributed by atoms with van der Waals surface area (Å²) in [4.78, 5) is 26.3. The highest BCUT2D eigenvalue weighted by atomic mass is 35.5. The Morgan fingerprint density at radius 3 is 2.54 bits per heavy atom. The van der Waals surface area contributed by atoms with E-state index in [1.54, 1.807) is 25.1 Å². The van der Waals surface area contributed by atoms with E-state index in [1.165, 1.54) is 25.3 Å². The van der Waals surface area contributed by atoms with Crippen LogP contribution >= 0.6 is 23.2 Å². The normalized spacial score (nSPS) is 19.7. The number of nitrogens with zero attached hydrogens (tertiary/aromatic N) is 1. The Morgan fingerprint density at radius 1 is 1.19 bits per heavy atom. The Hall–Kier alpha value is -2.31. The smallest absolute Gasteiger partial charge is 0.325 e. The van der Waals surface area contributed by atoms with Crippen molar-refractivity contribution in [2.75, 3.05) is 7.11 Å². The number of amides is 3. The Bertz CT molecular complexity index is 906. The molecule has 0 saturated carbocycles. The summed E-state index contributed by atoms with van der Waals surface area (Å²) in [7, 11) is 1.36. The molecule has 26 heavy (non-hydrogen) atoms. The average Bonchev–Trinajstić information content (AvgIpc) is 2.79. The van der Waals surface area contributed by atoms with E-state index in [0.717, 1.165) is 4.90 Å². The molecule has 1 atom stereocenters. The van der Waals surface area contributed by atoms with Crippen LogP contribution in [-0.4, -0.2) is 23.9 Å². The molecule has 1 aliphatic heterocycles. The first kappa shape index (κ1) is 18.5. The molecule has 0 aromatic heterocycles. The van der Waals surface area contributed by atoms with Gasteiger partial charge in [-0.1, -0.05) is 35.3 Å². The fourth-order valence-electron chi connectivity index (χ4n) is 2.91. The molecular weight excluding hydrogens is 382 g/mol. The zero-order chi connectivity index (χ0) is 19.1. The van der Waals surface area contributed by atoms with Crippen LogP contribution in [0.5, 0.6) is 5.75 Å². The molecule has 0 radical (unpaired) electrons. The number of rotatable bonds is 4. The van der Waals surface area contributed by atoms with Gasteiger partial charge >= 0.3 is 6.03 Å². The number of benzene rings is 2. The van der Waals surface area contributed by atoms with Gasteiger partial charge in [0.15, 0.2) is 11.6 Å². The van der Waals surface area contributed by atoms with Crippen molar-refractivity contribution in [1.29, 1.82) is 0 Å². The molecule has 0 bridgehead atoms. The van der Waals surface area contributed by atoms with E-state index in [9.17, 15) is 14.0 Å². The molecule has 0 unspecified atom stereocenters. The van der Waals surface area contributed by atoms with E-state index >= 15 is 0 Å². The standard InChI is InChI=1S/C18H15Cl2FN2O3/c1-18(12-5-4-11(19)8-13(12)20)16(24)23(17(25)22-18)9-10-3-6-15(26-2)14(21)7-10/h3-8H,9H2,1-2H3,(H,22,25)/t18-/m1/s1. The molecule has 3 amide bonds. The van der Waals surface area contributed by atoms with Gasteiger partial charge in [-0.3, -0.25) is 9.69 Å². The van der Waals surface area contributed by atoms with E-state index in [0.29, 0.717) is 16.1 Å².